The summed E-state index contributed by atoms with van der Waals surface area (Å²) in [6.07, 6.45) is 1.93. The fourth-order valence-electron chi connectivity index (χ4n) is 2.17. The minimum atomic E-state index is -0.512. The second kappa shape index (κ2) is 5.15. The van der Waals surface area contributed by atoms with E-state index in [0.717, 1.165) is 25.0 Å². The van der Waals surface area contributed by atoms with Crippen molar-refractivity contribution >= 4 is 23.2 Å². The number of aliphatic hydroxyl groups is 1. The van der Waals surface area contributed by atoms with Gasteiger partial charge >= 0.3 is 0 Å². The molecule has 17 heavy (non-hydrogen) atoms. The fraction of sp³-hybridized carbons (Fsp3) is 0.538. The Kier molecular flexibility index (Phi) is 3.99. The highest BCUT2D eigenvalue weighted by Crippen LogP contribution is 2.31. The molecule has 1 aromatic rings. The number of aliphatic hydroxyl groups excluding tert-OH is 1. The van der Waals surface area contributed by atoms with Gasteiger partial charge in [-0.2, -0.15) is 0 Å². The first-order valence-electron chi connectivity index (χ1n) is 5.77. The van der Waals surface area contributed by atoms with E-state index < -0.39 is 11.7 Å². The van der Waals surface area contributed by atoms with Crippen molar-refractivity contribution in [3.63, 3.8) is 0 Å². The van der Waals surface area contributed by atoms with Gasteiger partial charge in [0.15, 0.2) is 0 Å². The smallest absolute Gasteiger partial charge is 0.0916 e. The molecule has 2 rings (SSSR count). The van der Waals surface area contributed by atoms with Crippen molar-refractivity contribution in [3.05, 3.63) is 33.8 Å². The predicted octanol–water partition coefficient (Wildman–Crippen LogP) is 3.47. The monoisotopic (exact) mass is 274 g/mol. The van der Waals surface area contributed by atoms with Crippen molar-refractivity contribution in [1.82, 2.24) is 0 Å². The summed E-state index contributed by atoms with van der Waals surface area (Å²) in [5.41, 5.74) is 0.551. The maximum absolute atomic E-state index is 10.2. The van der Waals surface area contributed by atoms with Gasteiger partial charge in [0.1, 0.15) is 0 Å². The van der Waals surface area contributed by atoms with Crippen LogP contribution in [0.1, 0.15) is 25.3 Å². The third kappa shape index (κ3) is 2.94. The molecule has 1 fully saturated rings. The number of hydrogen-bond donors (Lipinski definition) is 1. The first-order valence-corrected chi connectivity index (χ1v) is 6.53. The van der Waals surface area contributed by atoms with Crippen molar-refractivity contribution in [1.29, 1.82) is 0 Å². The minimum absolute atomic E-state index is 0.424. The van der Waals surface area contributed by atoms with E-state index in [9.17, 15) is 5.11 Å². The maximum Gasteiger partial charge on any atom is 0.0916 e. The quantitative estimate of drug-likeness (QED) is 0.915. The summed E-state index contributed by atoms with van der Waals surface area (Å²) in [5, 5.41) is 11.3. The molecule has 0 aliphatic carbocycles. The van der Waals surface area contributed by atoms with E-state index in [-0.39, 0.29) is 0 Å². The van der Waals surface area contributed by atoms with Gasteiger partial charge in [-0.1, -0.05) is 29.3 Å². The molecule has 4 heteroatoms. The number of rotatable bonds is 3. The summed E-state index contributed by atoms with van der Waals surface area (Å²) < 4.78 is 5.62. The highest BCUT2D eigenvalue weighted by atomic mass is 35.5. The molecule has 0 spiro atoms. The molecule has 1 aliphatic heterocycles. The van der Waals surface area contributed by atoms with Crippen molar-refractivity contribution in [3.8, 4) is 0 Å². The van der Waals surface area contributed by atoms with Gasteiger partial charge in [0.2, 0.25) is 0 Å². The standard InChI is InChI=1S/C13H16Cl2O2/c1-13(5-2-6-17-13)12(16)8-9-3-4-10(14)11(15)7-9/h3-4,7,12,16H,2,5-6,8H2,1H3. The lowest BCUT2D eigenvalue weighted by molar-refractivity contribution is -0.0768. The summed E-state index contributed by atoms with van der Waals surface area (Å²) in [6.45, 7) is 2.69. The number of benzene rings is 1. The van der Waals surface area contributed by atoms with Gasteiger partial charge in [-0.3, -0.25) is 0 Å². The van der Waals surface area contributed by atoms with E-state index in [0.29, 0.717) is 16.5 Å². The molecule has 1 N–H and O–H groups in total. The molecule has 0 radical (unpaired) electrons. The second-order valence-corrected chi connectivity index (χ2v) is 5.55. The van der Waals surface area contributed by atoms with Crippen LogP contribution in [0.25, 0.3) is 0 Å². The number of ether oxygens (including phenoxy) is 1. The highest BCUT2D eigenvalue weighted by molar-refractivity contribution is 6.42. The molecule has 1 aliphatic rings. The van der Waals surface area contributed by atoms with E-state index in [4.69, 9.17) is 27.9 Å². The minimum Gasteiger partial charge on any atom is -0.390 e. The summed E-state index contributed by atoms with van der Waals surface area (Å²) in [7, 11) is 0. The van der Waals surface area contributed by atoms with Crippen molar-refractivity contribution in [2.75, 3.05) is 6.61 Å². The SMILES string of the molecule is CC1(C(O)Cc2ccc(Cl)c(Cl)c2)CCCO1. The van der Waals surface area contributed by atoms with Gasteiger partial charge < -0.3 is 9.84 Å². The molecule has 0 saturated carbocycles. The molecule has 1 aromatic carbocycles. The number of halogens is 2. The molecule has 2 nitrogen and oxygen atoms in total. The van der Waals surface area contributed by atoms with E-state index >= 15 is 0 Å². The molecule has 0 amide bonds. The number of hydrogen-bond acceptors (Lipinski definition) is 2. The summed E-state index contributed by atoms with van der Waals surface area (Å²) >= 11 is 11.8. The average Bonchev–Trinajstić information content (AvgIpc) is 2.72. The van der Waals surface area contributed by atoms with Gasteiger partial charge in [0.05, 0.1) is 21.8 Å². The Morgan fingerprint density at radius 1 is 1.41 bits per heavy atom. The lowest BCUT2D eigenvalue weighted by Gasteiger charge is -2.29. The van der Waals surface area contributed by atoms with Crippen LogP contribution in [0.5, 0.6) is 0 Å². The average molecular weight is 275 g/mol. The van der Waals surface area contributed by atoms with Crippen LogP contribution < -0.4 is 0 Å². The summed E-state index contributed by atoms with van der Waals surface area (Å²) in [4.78, 5) is 0. The topological polar surface area (TPSA) is 29.5 Å². The summed E-state index contributed by atoms with van der Waals surface area (Å²) in [5.74, 6) is 0. The van der Waals surface area contributed by atoms with Gasteiger partial charge in [0, 0.05) is 13.0 Å². The summed E-state index contributed by atoms with van der Waals surface area (Å²) in [6, 6.07) is 5.44. The van der Waals surface area contributed by atoms with Crippen molar-refractivity contribution < 1.29 is 9.84 Å². The molecule has 1 heterocycles. The Hall–Kier alpha value is -0.280. The second-order valence-electron chi connectivity index (χ2n) is 4.73. The highest BCUT2D eigenvalue weighted by Gasteiger charge is 2.37. The molecule has 0 aromatic heterocycles. The Labute approximate surface area is 111 Å². The lowest BCUT2D eigenvalue weighted by Crippen LogP contribution is -2.40. The van der Waals surface area contributed by atoms with Crippen LogP contribution in [0.2, 0.25) is 10.0 Å². The first kappa shape index (κ1) is 13.2. The van der Waals surface area contributed by atoms with E-state index in [1.165, 1.54) is 0 Å². The van der Waals surface area contributed by atoms with Crippen LogP contribution in [-0.2, 0) is 11.2 Å². The zero-order chi connectivity index (χ0) is 12.5. The Balaban J connectivity index is 2.07. The van der Waals surface area contributed by atoms with E-state index in [1.807, 2.05) is 13.0 Å². The molecule has 94 valence electrons. The van der Waals surface area contributed by atoms with Gasteiger partial charge in [-0.15, -0.1) is 0 Å². The van der Waals surface area contributed by atoms with Gasteiger partial charge in [-0.05, 0) is 37.5 Å². The normalized spacial score (nSPS) is 26.1. The van der Waals surface area contributed by atoms with Gasteiger partial charge in [-0.25, -0.2) is 0 Å². The zero-order valence-corrected chi connectivity index (χ0v) is 11.3. The first-order chi connectivity index (χ1) is 8.01. The van der Waals surface area contributed by atoms with Crippen molar-refractivity contribution in [2.45, 2.75) is 37.9 Å². The molecule has 0 bridgehead atoms. The Morgan fingerprint density at radius 3 is 2.76 bits per heavy atom. The molecule has 2 atom stereocenters. The van der Waals surface area contributed by atoms with Crippen LogP contribution in [0, 0.1) is 0 Å². The Morgan fingerprint density at radius 2 is 2.18 bits per heavy atom. The van der Waals surface area contributed by atoms with Gasteiger partial charge in [0.25, 0.3) is 0 Å². The van der Waals surface area contributed by atoms with Crippen LogP contribution in [0.15, 0.2) is 18.2 Å². The maximum atomic E-state index is 10.2. The third-order valence-electron chi connectivity index (χ3n) is 3.37. The van der Waals surface area contributed by atoms with E-state index in [2.05, 4.69) is 0 Å². The largest absolute Gasteiger partial charge is 0.390 e. The third-order valence-corrected chi connectivity index (χ3v) is 4.11. The molecule has 1 saturated heterocycles. The molecular formula is C13H16Cl2O2. The van der Waals surface area contributed by atoms with Crippen LogP contribution in [0.3, 0.4) is 0 Å². The fourth-order valence-corrected chi connectivity index (χ4v) is 2.49. The zero-order valence-electron chi connectivity index (χ0n) is 9.75. The van der Waals surface area contributed by atoms with E-state index in [1.54, 1.807) is 12.1 Å². The molecule has 2 unspecified atom stereocenters. The predicted molar refractivity (Wildman–Crippen MR) is 69.8 cm³/mol. The molecular weight excluding hydrogens is 259 g/mol. The van der Waals surface area contributed by atoms with Crippen LogP contribution >= 0.6 is 23.2 Å². The van der Waals surface area contributed by atoms with Crippen molar-refractivity contribution in [2.24, 2.45) is 0 Å². The van der Waals surface area contributed by atoms with Crippen LogP contribution in [0.4, 0.5) is 0 Å². The lowest BCUT2D eigenvalue weighted by atomic mass is 9.91. The van der Waals surface area contributed by atoms with Crippen LogP contribution in [-0.4, -0.2) is 23.4 Å². The Bertz CT molecular complexity index is 400.